The molecule has 0 unspecified atom stereocenters. The molecule has 0 spiro atoms. The maximum atomic E-state index is 12.2. The highest BCUT2D eigenvalue weighted by molar-refractivity contribution is 7.86. The molecule has 0 saturated carbocycles. The van der Waals surface area contributed by atoms with Gasteiger partial charge in [-0.2, -0.15) is 16.8 Å². The fourth-order valence-corrected chi connectivity index (χ4v) is 3.51. The molecule has 0 amide bonds. The average molecular weight is 410 g/mol. The Labute approximate surface area is 150 Å². The second kappa shape index (κ2) is 7.98. The molecule has 1 saturated heterocycles. The van der Waals surface area contributed by atoms with E-state index in [1.54, 1.807) is 18.2 Å². The summed E-state index contributed by atoms with van der Waals surface area (Å²) in [5.74, 6) is -0.809. The minimum absolute atomic E-state index is 0.178. The van der Waals surface area contributed by atoms with Crippen LogP contribution in [0.25, 0.3) is 0 Å². The molecule has 1 aliphatic heterocycles. The van der Waals surface area contributed by atoms with E-state index < -0.39 is 57.4 Å². The van der Waals surface area contributed by atoms with Gasteiger partial charge in [-0.25, -0.2) is 4.79 Å². The van der Waals surface area contributed by atoms with Gasteiger partial charge in [-0.15, -0.1) is 0 Å². The van der Waals surface area contributed by atoms with Crippen LogP contribution >= 0.6 is 0 Å². The van der Waals surface area contributed by atoms with Crippen LogP contribution in [-0.4, -0.2) is 71.6 Å². The smallest absolute Gasteiger partial charge is 0.338 e. The zero-order chi connectivity index (χ0) is 19.5. The largest absolute Gasteiger partial charge is 0.453 e. The zero-order valence-electron chi connectivity index (χ0n) is 13.8. The molecule has 1 heterocycles. The van der Waals surface area contributed by atoms with Crippen LogP contribution in [0, 0.1) is 0 Å². The summed E-state index contributed by atoms with van der Waals surface area (Å²) in [4.78, 5) is 12.2. The molecule has 2 rings (SSSR count). The van der Waals surface area contributed by atoms with E-state index in [1.807, 2.05) is 0 Å². The van der Waals surface area contributed by atoms with Gasteiger partial charge in [0.05, 0.1) is 24.7 Å². The van der Waals surface area contributed by atoms with Crippen LogP contribution in [-0.2, 0) is 38.1 Å². The molecular formula is C14H18O10S2. The fraction of sp³-hybridized carbons (Fsp3) is 0.500. The third-order valence-corrected chi connectivity index (χ3v) is 4.39. The Morgan fingerprint density at radius 2 is 1.58 bits per heavy atom. The van der Waals surface area contributed by atoms with Crippen LogP contribution in [0.15, 0.2) is 30.3 Å². The molecule has 1 aromatic rings. The van der Waals surface area contributed by atoms with Crippen molar-refractivity contribution < 1.29 is 44.6 Å². The minimum Gasteiger partial charge on any atom is -0.453 e. The first-order valence-electron chi connectivity index (χ1n) is 7.28. The zero-order valence-corrected chi connectivity index (χ0v) is 15.5. The number of aliphatic hydroxyl groups is 1. The second-order valence-electron chi connectivity index (χ2n) is 5.56. The van der Waals surface area contributed by atoms with Crippen molar-refractivity contribution in [1.29, 1.82) is 0 Å². The summed E-state index contributed by atoms with van der Waals surface area (Å²) in [6.45, 7) is -0.427. The lowest BCUT2D eigenvalue weighted by Gasteiger charge is -2.38. The van der Waals surface area contributed by atoms with Gasteiger partial charge in [-0.3, -0.25) is 8.37 Å². The Bertz CT molecular complexity index is 834. The van der Waals surface area contributed by atoms with E-state index in [1.165, 1.54) is 12.1 Å². The molecule has 1 aromatic carbocycles. The highest BCUT2D eigenvalue weighted by Crippen LogP contribution is 2.25. The summed E-state index contributed by atoms with van der Waals surface area (Å²) in [6, 6.07) is 7.81. The summed E-state index contributed by atoms with van der Waals surface area (Å²) in [5, 5.41) is 9.84. The van der Waals surface area contributed by atoms with Crippen molar-refractivity contribution >= 4 is 26.2 Å². The highest BCUT2D eigenvalue weighted by atomic mass is 32.2. The maximum absolute atomic E-state index is 12.2. The van der Waals surface area contributed by atoms with E-state index in [9.17, 15) is 26.7 Å². The first-order chi connectivity index (χ1) is 12.0. The first kappa shape index (κ1) is 20.7. The van der Waals surface area contributed by atoms with E-state index in [0.717, 1.165) is 6.26 Å². The van der Waals surface area contributed by atoms with Crippen LogP contribution < -0.4 is 0 Å². The molecule has 12 heteroatoms. The van der Waals surface area contributed by atoms with Crippen molar-refractivity contribution in [2.75, 3.05) is 19.1 Å². The lowest BCUT2D eigenvalue weighted by atomic mass is 10.1. The average Bonchev–Trinajstić information content (AvgIpc) is 2.52. The quantitative estimate of drug-likeness (QED) is 0.470. The Morgan fingerprint density at radius 3 is 2.12 bits per heavy atom. The van der Waals surface area contributed by atoms with E-state index in [2.05, 4.69) is 4.18 Å². The van der Waals surface area contributed by atoms with Gasteiger partial charge in [0, 0.05) is 0 Å². The van der Waals surface area contributed by atoms with E-state index in [4.69, 9.17) is 13.7 Å². The predicted molar refractivity (Wildman–Crippen MR) is 87.0 cm³/mol. The molecule has 1 fully saturated rings. The monoisotopic (exact) mass is 410 g/mol. The molecule has 0 aromatic heterocycles. The standard InChI is InChI=1S/C14H18O10S2/c1-25(17,18)23-11-10(22-13(15)9-6-4-3-5-7-9)8-21-14(16)12(11)24-26(2,19)20/h3-7,10-12,14,16H,8H2,1-2H3/t10-,11-,12+,14-/m0/s1. The van der Waals surface area contributed by atoms with Gasteiger partial charge in [-0.05, 0) is 12.1 Å². The van der Waals surface area contributed by atoms with Crippen molar-refractivity contribution in [3.8, 4) is 0 Å². The molecule has 26 heavy (non-hydrogen) atoms. The summed E-state index contributed by atoms with van der Waals surface area (Å²) < 4.78 is 65.5. The molecule has 1 aliphatic rings. The maximum Gasteiger partial charge on any atom is 0.338 e. The van der Waals surface area contributed by atoms with Gasteiger partial charge in [0.2, 0.25) is 0 Å². The number of aliphatic hydroxyl groups excluding tert-OH is 1. The lowest BCUT2D eigenvalue weighted by Crippen LogP contribution is -2.57. The van der Waals surface area contributed by atoms with Crippen molar-refractivity contribution in [2.24, 2.45) is 0 Å². The Balaban J connectivity index is 2.28. The van der Waals surface area contributed by atoms with Gasteiger partial charge in [0.15, 0.2) is 18.5 Å². The Hall–Kier alpha value is -1.57. The number of carbonyl (C=O) groups excluding carboxylic acids is 1. The van der Waals surface area contributed by atoms with E-state index in [-0.39, 0.29) is 5.56 Å². The number of carbonyl (C=O) groups is 1. The van der Waals surface area contributed by atoms with E-state index in [0.29, 0.717) is 6.26 Å². The Morgan fingerprint density at radius 1 is 1.04 bits per heavy atom. The molecule has 0 radical (unpaired) electrons. The van der Waals surface area contributed by atoms with Crippen molar-refractivity contribution in [3.63, 3.8) is 0 Å². The second-order valence-corrected chi connectivity index (χ2v) is 8.77. The molecule has 0 bridgehead atoms. The molecular weight excluding hydrogens is 392 g/mol. The van der Waals surface area contributed by atoms with Crippen LogP contribution in [0.2, 0.25) is 0 Å². The SMILES string of the molecule is CS(=O)(=O)O[C@@H]1[C@@H](OS(C)(=O)=O)[C@@H](O)OC[C@@H]1OC(=O)c1ccccc1. The summed E-state index contributed by atoms with van der Waals surface area (Å²) >= 11 is 0. The summed E-state index contributed by atoms with van der Waals surface area (Å²) in [7, 11) is -8.21. The molecule has 146 valence electrons. The number of esters is 1. The third kappa shape index (κ3) is 6.00. The van der Waals surface area contributed by atoms with Gasteiger partial charge >= 0.3 is 5.97 Å². The number of rotatable bonds is 6. The highest BCUT2D eigenvalue weighted by Gasteiger charge is 2.47. The normalized spacial score (nSPS) is 27.0. The van der Waals surface area contributed by atoms with Gasteiger partial charge < -0.3 is 14.6 Å². The van der Waals surface area contributed by atoms with Crippen LogP contribution in [0.3, 0.4) is 0 Å². The van der Waals surface area contributed by atoms with Crippen molar-refractivity contribution in [1.82, 2.24) is 0 Å². The number of ether oxygens (including phenoxy) is 2. The summed E-state index contributed by atoms with van der Waals surface area (Å²) in [5.41, 5.74) is 0.178. The molecule has 1 N–H and O–H groups in total. The molecule has 10 nitrogen and oxygen atoms in total. The fourth-order valence-electron chi connectivity index (χ4n) is 2.26. The molecule has 0 aliphatic carbocycles. The summed E-state index contributed by atoms with van der Waals surface area (Å²) in [6.07, 6.45) is -5.09. The van der Waals surface area contributed by atoms with E-state index >= 15 is 0 Å². The minimum atomic E-state index is -4.10. The van der Waals surface area contributed by atoms with Crippen molar-refractivity contribution in [2.45, 2.75) is 24.6 Å². The third-order valence-electron chi connectivity index (χ3n) is 3.24. The Kier molecular flexibility index (Phi) is 6.37. The van der Waals surface area contributed by atoms with Crippen LogP contribution in [0.1, 0.15) is 10.4 Å². The first-order valence-corrected chi connectivity index (χ1v) is 10.9. The van der Waals surface area contributed by atoms with Gasteiger partial charge in [0.25, 0.3) is 20.2 Å². The number of benzene rings is 1. The molecule has 4 atom stereocenters. The van der Waals surface area contributed by atoms with Crippen LogP contribution in [0.4, 0.5) is 0 Å². The van der Waals surface area contributed by atoms with Crippen molar-refractivity contribution in [3.05, 3.63) is 35.9 Å². The van der Waals surface area contributed by atoms with Gasteiger partial charge in [-0.1, -0.05) is 18.2 Å². The number of hydrogen-bond donors (Lipinski definition) is 1. The van der Waals surface area contributed by atoms with Crippen LogP contribution in [0.5, 0.6) is 0 Å². The topological polar surface area (TPSA) is 143 Å². The lowest BCUT2D eigenvalue weighted by molar-refractivity contribution is -0.237. The number of hydrogen-bond acceptors (Lipinski definition) is 10. The predicted octanol–water partition coefficient (Wildman–Crippen LogP) is -0.750. The van der Waals surface area contributed by atoms with Gasteiger partial charge in [0.1, 0.15) is 6.10 Å².